The molecule has 0 saturated carbocycles. The highest BCUT2D eigenvalue weighted by molar-refractivity contribution is 6.05. The van der Waals surface area contributed by atoms with E-state index in [1.807, 2.05) is 12.1 Å². The van der Waals surface area contributed by atoms with Gasteiger partial charge in [0.2, 0.25) is 0 Å². The number of carbonyl (C=O) groups is 1. The molecule has 4 nitrogen and oxygen atoms in total. The van der Waals surface area contributed by atoms with Gasteiger partial charge in [-0.25, -0.2) is 8.78 Å². The molecule has 1 aliphatic rings. The first-order valence-electron chi connectivity index (χ1n) is 9.52. The Morgan fingerprint density at radius 3 is 2.63 bits per heavy atom. The molecule has 2 aromatic rings. The fourth-order valence-electron chi connectivity index (χ4n) is 4.80. The molecule has 3 rings (SSSR count). The van der Waals surface area contributed by atoms with Gasteiger partial charge in [-0.05, 0) is 47.3 Å². The van der Waals surface area contributed by atoms with Crippen molar-refractivity contribution < 1.29 is 13.6 Å². The normalized spacial score (nSPS) is 21.7. The Balaban J connectivity index is 1.98. The molecule has 0 saturated heterocycles. The molecule has 1 aliphatic carbocycles. The van der Waals surface area contributed by atoms with Crippen LogP contribution in [0.1, 0.15) is 79.6 Å². The number of aryl methyl sites for hydroxylation is 1. The van der Waals surface area contributed by atoms with Crippen LogP contribution in [-0.2, 0) is 7.05 Å². The van der Waals surface area contributed by atoms with Crippen molar-refractivity contribution in [2.45, 2.75) is 52.4 Å². The van der Waals surface area contributed by atoms with Gasteiger partial charge in [0.05, 0.1) is 5.56 Å². The summed E-state index contributed by atoms with van der Waals surface area (Å²) in [5.74, 6) is 1.22. The molecular weight excluding hydrogens is 348 g/mol. The fourth-order valence-corrected chi connectivity index (χ4v) is 4.80. The minimum Gasteiger partial charge on any atom is -0.322 e. The fraction of sp³-hybridized carbons (Fsp3) is 0.524. The summed E-state index contributed by atoms with van der Waals surface area (Å²) >= 11 is 0. The Hall–Kier alpha value is -2.24. The van der Waals surface area contributed by atoms with E-state index in [1.165, 1.54) is 23.5 Å². The first-order valence-corrected chi connectivity index (χ1v) is 9.52. The van der Waals surface area contributed by atoms with E-state index >= 15 is 0 Å². The molecule has 1 N–H and O–H groups in total. The lowest BCUT2D eigenvalue weighted by Crippen LogP contribution is -2.18. The summed E-state index contributed by atoms with van der Waals surface area (Å²) in [5.41, 5.74) is 2.57. The Kier molecular flexibility index (Phi) is 5.36. The maximum atomic E-state index is 13.2. The summed E-state index contributed by atoms with van der Waals surface area (Å²) in [6.07, 6.45) is -0.471. The molecule has 146 valence electrons. The number of alkyl halides is 2. The lowest BCUT2D eigenvalue weighted by molar-refractivity contribution is 0.101. The second-order valence-corrected chi connectivity index (χ2v) is 7.79. The number of hydrogen-bond acceptors (Lipinski definition) is 2. The summed E-state index contributed by atoms with van der Waals surface area (Å²) in [5, 5.41) is 6.62. The van der Waals surface area contributed by atoms with Crippen LogP contribution in [0, 0.1) is 11.8 Å². The molecule has 6 heteroatoms. The number of hydrogen-bond donors (Lipinski definition) is 1. The highest BCUT2D eigenvalue weighted by Crippen LogP contribution is 2.53. The van der Waals surface area contributed by atoms with Gasteiger partial charge in [0, 0.05) is 18.9 Å². The molecule has 1 aromatic heterocycles. The number of rotatable bonds is 5. The zero-order valence-electron chi connectivity index (χ0n) is 16.5. The Morgan fingerprint density at radius 2 is 2.04 bits per heavy atom. The van der Waals surface area contributed by atoms with Crippen LogP contribution in [-0.4, -0.2) is 15.7 Å². The van der Waals surface area contributed by atoms with Gasteiger partial charge >= 0.3 is 0 Å². The molecule has 1 heterocycles. The van der Waals surface area contributed by atoms with E-state index in [2.05, 4.69) is 44.2 Å². The van der Waals surface area contributed by atoms with Gasteiger partial charge in [-0.15, -0.1) is 0 Å². The smallest absolute Gasteiger partial charge is 0.282 e. The van der Waals surface area contributed by atoms with Gasteiger partial charge in [-0.3, -0.25) is 9.48 Å². The van der Waals surface area contributed by atoms with Gasteiger partial charge in [0.1, 0.15) is 5.69 Å². The van der Waals surface area contributed by atoms with E-state index in [-0.39, 0.29) is 5.56 Å². The van der Waals surface area contributed by atoms with Crippen LogP contribution in [0.25, 0.3) is 0 Å². The average molecular weight is 375 g/mol. The third kappa shape index (κ3) is 3.37. The molecule has 0 radical (unpaired) electrons. The molecule has 27 heavy (non-hydrogen) atoms. The number of amides is 1. The topological polar surface area (TPSA) is 46.9 Å². The first kappa shape index (κ1) is 19.5. The lowest BCUT2D eigenvalue weighted by atomic mass is 9.78. The summed E-state index contributed by atoms with van der Waals surface area (Å²) in [7, 11) is 1.53. The Bertz CT molecular complexity index is 844. The monoisotopic (exact) mass is 375 g/mol. The SMILES string of the molecule is CCC1c2c(NC(=O)c3cn(C)nc3C(F)F)cccc2C(C)C1C(C)C. The third-order valence-electron chi connectivity index (χ3n) is 5.81. The predicted molar refractivity (Wildman–Crippen MR) is 102 cm³/mol. The molecule has 0 spiro atoms. The molecular formula is C21H27F2N3O. The van der Waals surface area contributed by atoms with Crippen molar-refractivity contribution in [1.82, 2.24) is 9.78 Å². The van der Waals surface area contributed by atoms with Crippen molar-refractivity contribution in [3.05, 3.63) is 46.8 Å². The van der Waals surface area contributed by atoms with Gasteiger partial charge in [0.15, 0.2) is 0 Å². The quantitative estimate of drug-likeness (QED) is 0.751. The van der Waals surface area contributed by atoms with E-state index in [1.54, 1.807) is 0 Å². The van der Waals surface area contributed by atoms with Crippen molar-refractivity contribution in [3.8, 4) is 0 Å². The summed E-state index contributed by atoms with van der Waals surface area (Å²) in [4.78, 5) is 12.7. The first-order chi connectivity index (χ1) is 12.8. The number of benzene rings is 1. The van der Waals surface area contributed by atoms with Gasteiger partial charge < -0.3 is 5.32 Å². The van der Waals surface area contributed by atoms with E-state index in [0.29, 0.717) is 23.7 Å². The van der Waals surface area contributed by atoms with Crippen molar-refractivity contribution in [1.29, 1.82) is 0 Å². The summed E-state index contributed by atoms with van der Waals surface area (Å²) in [6, 6.07) is 5.92. The highest BCUT2D eigenvalue weighted by Gasteiger charge is 2.40. The largest absolute Gasteiger partial charge is 0.322 e. The number of anilines is 1. The van der Waals surface area contributed by atoms with Crippen LogP contribution < -0.4 is 5.32 Å². The maximum absolute atomic E-state index is 13.2. The van der Waals surface area contributed by atoms with Crippen molar-refractivity contribution in [3.63, 3.8) is 0 Å². The number of halogens is 2. The van der Waals surface area contributed by atoms with E-state index in [0.717, 1.165) is 17.7 Å². The summed E-state index contributed by atoms with van der Waals surface area (Å²) < 4.78 is 27.7. The summed E-state index contributed by atoms with van der Waals surface area (Å²) in [6.45, 7) is 8.87. The van der Waals surface area contributed by atoms with E-state index < -0.39 is 18.0 Å². The molecule has 0 bridgehead atoms. The third-order valence-corrected chi connectivity index (χ3v) is 5.81. The number of carbonyl (C=O) groups excluding carboxylic acids is 1. The van der Waals surface area contributed by atoms with Crippen molar-refractivity contribution in [2.75, 3.05) is 5.32 Å². The van der Waals surface area contributed by atoms with Crippen LogP contribution in [0.5, 0.6) is 0 Å². The van der Waals surface area contributed by atoms with Crippen LogP contribution in [0.4, 0.5) is 14.5 Å². The molecule has 0 fully saturated rings. The maximum Gasteiger partial charge on any atom is 0.282 e. The molecule has 3 unspecified atom stereocenters. The van der Waals surface area contributed by atoms with Gasteiger partial charge in [-0.2, -0.15) is 5.10 Å². The van der Waals surface area contributed by atoms with Crippen LogP contribution in [0.2, 0.25) is 0 Å². The second kappa shape index (κ2) is 7.41. The molecule has 1 aromatic carbocycles. The van der Waals surface area contributed by atoms with Gasteiger partial charge in [0.25, 0.3) is 12.3 Å². The number of nitrogens with one attached hydrogen (secondary N) is 1. The van der Waals surface area contributed by atoms with E-state index in [4.69, 9.17) is 0 Å². The highest BCUT2D eigenvalue weighted by atomic mass is 19.3. The zero-order valence-corrected chi connectivity index (χ0v) is 16.5. The Labute approximate surface area is 159 Å². The predicted octanol–water partition coefficient (Wildman–Crippen LogP) is 5.49. The zero-order chi connectivity index (χ0) is 19.9. The van der Waals surface area contributed by atoms with Crippen LogP contribution in [0.15, 0.2) is 24.4 Å². The lowest BCUT2D eigenvalue weighted by Gasteiger charge is -2.26. The minimum atomic E-state index is -2.79. The number of nitrogens with zero attached hydrogens (tertiary/aromatic N) is 2. The van der Waals surface area contributed by atoms with Crippen LogP contribution >= 0.6 is 0 Å². The molecule has 1 amide bonds. The van der Waals surface area contributed by atoms with Gasteiger partial charge in [-0.1, -0.05) is 39.8 Å². The van der Waals surface area contributed by atoms with Crippen molar-refractivity contribution in [2.24, 2.45) is 18.9 Å². The second-order valence-electron chi connectivity index (χ2n) is 7.79. The Morgan fingerprint density at radius 1 is 1.33 bits per heavy atom. The molecule has 3 atom stereocenters. The number of aromatic nitrogens is 2. The van der Waals surface area contributed by atoms with E-state index in [9.17, 15) is 13.6 Å². The molecule has 0 aliphatic heterocycles. The average Bonchev–Trinajstić information content (AvgIpc) is 3.14. The number of fused-ring (bicyclic) bond motifs is 1. The van der Waals surface area contributed by atoms with Crippen LogP contribution in [0.3, 0.4) is 0 Å². The minimum absolute atomic E-state index is 0.0791. The van der Waals surface area contributed by atoms with Crippen molar-refractivity contribution >= 4 is 11.6 Å². The standard InChI is InChI=1S/C21H27F2N3O/c1-6-13-17(11(2)3)12(4)14-8-7-9-16(18(13)14)24-21(27)15-10-26(5)25-19(15)20(22)23/h7-13,17,20H,6H2,1-5H3,(H,24,27).